The molecule has 4 aromatic rings. The maximum absolute atomic E-state index is 12.5. The minimum absolute atomic E-state index is 0.0453. The van der Waals surface area contributed by atoms with Crippen LogP contribution in [0.3, 0.4) is 0 Å². The van der Waals surface area contributed by atoms with Crippen molar-refractivity contribution in [1.82, 2.24) is 10.5 Å². The number of aromatic amines is 2. The number of H-pyrrole nitrogens is 2. The van der Waals surface area contributed by atoms with Gasteiger partial charge in [-0.3, -0.25) is 9.05 Å². The van der Waals surface area contributed by atoms with Gasteiger partial charge in [0.2, 0.25) is 11.4 Å². The molecule has 0 saturated heterocycles. The minimum Gasteiger partial charge on any atom is -0.462 e. The second-order valence-electron chi connectivity index (χ2n) is 8.24. The smallest absolute Gasteiger partial charge is 0.437 e. The molecule has 2 N–H and O–H groups in total. The SMILES string of the molecule is CCOC(=O)c1ccc(-[n+]2[nH]oc(=O)c2/C(C)=N/N=C(\C)c2c(=O)o[nH][n+]2-c2ccc(C(=O)OCC)cc2)cc1. The molecule has 0 aliphatic heterocycles. The van der Waals surface area contributed by atoms with E-state index in [0.29, 0.717) is 22.5 Å². The third kappa shape index (κ3) is 5.70. The quantitative estimate of drug-likeness (QED) is 0.136. The minimum atomic E-state index is -0.707. The number of ether oxygens (including phenoxy) is 2. The van der Waals surface area contributed by atoms with E-state index in [2.05, 4.69) is 20.7 Å². The van der Waals surface area contributed by atoms with E-state index in [4.69, 9.17) is 18.5 Å². The van der Waals surface area contributed by atoms with Crippen molar-refractivity contribution in [3.05, 3.63) is 91.9 Å². The average Bonchev–Trinajstić information content (AvgIpc) is 3.54. The Kier molecular flexibility index (Phi) is 8.27. The van der Waals surface area contributed by atoms with Crippen LogP contribution in [0.1, 0.15) is 59.8 Å². The van der Waals surface area contributed by atoms with Crippen LogP contribution in [0, 0.1) is 0 Å². The molecule has 0 aliphatic rings. The molecule has 40 heavy (non-hydrogen) atoms. The first-order chi connectivity index (χ1) is 19.2. The highest BCUT2D eigenvalue weighted by Gasteiger charge is 2.29. The lowest BCUT2D eigenvalue weighted by molar-refractivity contribution is -0.671. The molecule has 2 aromatic carbocycles. The number of esters is 2. The summed E-state index contributed by atoms with van der Waals surface area (Å²) in [6.45, 7) is 7.00. The summed E-state index contributed by atoms with van der Waals surface area (Å²) in [4.78, 5) is 48.8. The van der Waals surface area contributed by atoms with Crippen LogP contribution in [-0.4, -0.2) is 47.1 Å². The lowest BCUT2D eigenvalue weighted by Gasteiger charge is -2.01. The van der Waals surface area contributed by atoms with Gasteiger partial charge >= 0.3 is 34.6 Å². The van der Waals surface area contributed by atoms with Gasteiger partial charge in [0, 0.05) is 24.3 Å². The van der Waals surface area contributed by atoms with Crippen molar-refractivity contribution in [2.24, 2.45) is 10.2 Å². The van der Waals surface area contributed by atoms with Gasteiger partial charge in [-0.05, 0) is 71.9 Å². The third-order valence-electron chi connectivity index (χ3n) is 5.60. The van der Waals surface area contributed by atoms with Crippen molar-refractivity contribution in [3.63, 3.8) is 0 Å². The van der Waals surface area contributed by atoms with E-state index < -0.39 is 23.2 Å². The topological polar surface area (TPSA) is 177 Å². The van der Waals surface area contributed by atoms with Gasteiger partial charge in [-0.2, -0.15) is 0 Å². The maximum Gasteiger partial charge on any atom is 0.437 e. The Morgan fingerprint density at radius 3 is 1.38 bits per heavy atom. The second-order valence-corrected chi connectivity index (χ2v) is 8.24. The van der Waals surface area contributed by atoms with E-state index in [-0.39, 0.29) is 36.0 Å². The summed E-state index contributed by atoms with van der Waals surface area (Å²) >= 11 is 0. The summed E-state index contributed by atoms with van der Waals surface area (Å²) in [7, 11) is 0. The molecular weight excluding hydrogens is 524 g/mol. The van der Waals surface area contributed by atoms with E-state index in [1.807, 2.05) is 0 Å². The van der Waals surface area contributed by atoms with Gasteiger partial charge in [0.1, 0.15) is 11.4 Å². The number of hydrogen-bond donors (Lipinski definition) is 2. The number of carbonyl (C=O) groups is 2. The van der Waals surface area contributed by atoms with Crippen LogP contribution in [0.2, 0.25) is 0 Å². The number of carbonyl (C=O) groups excluding carboxylic acids is 2. The number of benzene rings is 2. The lowest BCUT2D eigenvalue weighted by Crippen LogP contribution is -2.41. The summed E-state index contributed by atoms with van der Waals surface area (Å²) in [5.74, 6) is -0.937. The highest BCUT2D eigenvalue weighted by Crippen LogP contribution is 2.08. The van der Waals surface area contributed by atoms with Crippen LogP contribution >= 0.6 is 0 Å². The van der Waals surface area contributed by atoms with E-state index in [1.54, 1.807) is 76.2 Å². The number of aromatic nitrogens is 4. The van der Waals surface area contributed by atoms with E-state index in [9.17, 15) is 19.2 Å². The normalized spacial score (nSPS) is 11.9. The Morgan fingerprint density at radius 2 is 1.05 bits per heavy atom. The highest BCUT2D eigenvalue weighted by molar-refractivity contribution is 5.98. The van der Waals surface area contributed by atoms with Gasteiger partial charge in [-0.15, -0.1) is 10.2 Å². The number of nitrogens with one attached hydrogen (secondary N) is 2. The molecule has 14 heteroatoms. The molecule has 0 bridgehead atoms. The first kappa shape index (κ1) is 27.6. The fourth-order valence-electron chi connectivity index (χ4n) is 3.69. The fraction of sp³-hybridized carbons (Fsp3) is 0.231. The number of nitrogens with zero attached hydrogens (tertiary/aromatic N) is 4. The Bertz CT molecular complexity index is 1580. The summed E-state index contributed by atoms with van der Waals surface area (Å²) in [5, 5.41) is 13.3. The zero-order chi connectivity index (χ0) is 28.8. The van der Waals surface area contributed by atoms with Crippen molar-refractivity contribution in [3.8, 4) is 11.4 Å². The van der Waals surface area contributed by atoms with E-state index in [1.165, 1.54) is 9.36 Å². The largest absolute Gasteiger partial charge is 0.462 e. The first-order valence-electron chi connectivity index (χ1n) is 12.2. The second kappa shape index (κ2) is 12.0. The first-order valence-corrected chi connectivity index (χ1v) is 12.2. The van der Waals surface area contributed by atoms with Gasteiger partial charge in [-0.25, -0.2) is 19.2 Å². The molecule has 0 aliphatic carbocycles. The number of hydrogen-bond acceptors (Lipinski definition) is 10. The van der Waals surface area contributed by atoms with Crippen molar-refractivity contribution < 1.29 is 37.5 Å². The molecule has 0 fully saturated rings. The fourth-order valence-corrected chi connectivity index (χ4v) is 3.69. The zero-order valence-electron chi connectivity index (χ0n) is 22.1. The molecule has 14 nitrogen and oxygen atoms in total. The third-order valence-corrected chi connectivity index (χ3v) is 5.60. The van der Waals surface area contributed by atoms with Crippen LogP contribution in [0.25, 0.3) is 11.4 Å². The van der Waals surface area contributed by atoms with Gasteiger partial charge < -0.3 is 9.47 Å². The van der Waals surface area contributed by atoms with Crippen molar-refractivity contribution in [1.29, 1.82) is 0 Å². The summed E-state index contributed by atoms with van der Waals surface area (Å²) in [5.41, 5.74) is 0.690. The molecule has 0 unspecified atom stereocenters. The van der Waals surface area contributed by atoms with Crippen molar-refractivity contribution in [2.75, 3.05) is 13.2 Å². The molecule has 4 rings (SSSR count). The Balaban J connectivity index is 1.63. The molecule has 0 amide bonds. The average molecular weight is 551 g/mol. The van der Waals surface area contributed by atoms with Gasteiger partial charge in [0.15, 0.2) is 0 Å². The maximum atomic E-state index is 12.5. The van der Waals surface area contributed by atoms with Gasteiger partial charge in [0.25, 0.3) is 0 Å². The van der Waals surface area contributed by atoms with Crippen LogP contribution in [0.5, 0.6) is 0 Å². The molecule has 0 spiro atoms. The van der Waals surface area contributed by atoms with Crippen molar-refractivity contribution in [2.45, 2.75) is 27.7 Å². The molecule has 0 saturated carbocycles. The Labute approximate surface area is 226 Å². The summed E-state index contributed by atoms with van der Waals surface area (Å²) < 4.78 is 22.6. The molecule has 0 radical (unpaired) electrons. The molecule has 206 valence electrons. The van der Waals surface area contributed by atoms with Crippen LogP contribution in [0.15, 0.2) is 77.4 Å². The van der Waals surface area contributed by atoms with Gasteiger partial charge in [0.05, 0.1) is 24.3 Å². The van der Waals surface area contributed by atoms with Crippen molar-refractivity contribution >= 4 is 23.4 Å². The lowest BCUT2D eigenvalue weighted by atomic mass is 10.2. The van der Waals surface area contributed by atoms with E-state index in [0.717, 1.165) is 0 Å². The molecule has 0 atom stereocenters. The van der Waals surface area contributed by atoms with E-state index >= 15 is 0 Å². The molecule has 2 heterocycles. The molecule has 2 aromatic heterocycles. The van der Waals surface area contributed by atoms with Crippen LogP contribution in [-0.2, 0) is 9.47 Å². The van der Waals surface area contributed by atoms with Crippen LogP contribution in [0.4, 0.5) is 0 Å². The van der Waals surface area contributed by atoms with Crippen LogP contribution < -0.4 is 20.6 Å². The standard InChI is InChI=1S/C26H25N6O8/c1-5-37-23(33)17-7-11-19(12-8-17)31-21(25(35)39-29-31)15(3)27-28-16(4)22-26(36)40-30-32(22)20-13-9-18(10-14-20)24(34)38-6-2/h7-14,29H,5-6H2,1-4H3/q+1/p+1. The zero-order valence-corrected chi connectivity index (χ0v) is 22.1. The predicted molar refractivity (Wildman–Crippen MR) is 138 cm³/mol. The highest BCUT2D eigenvalue weighted by atomic mass is 16.5. The molecular formula is C26H26N6O8+2. The Hall–Kier alpha value is -5.40. The monoisotopic (exact) mass is 550 g/mol. The Morgan fingerprint density at radius 1 is 0.700 bits per heavy atom. The van der Waals surface area contributed by atoms with Gasteiger partial charge in [-0.1, -0.05) is 0 Å². The summed E-state index contributed by atoms with van der Waals surface area (Å²) in [6, 6.07) is 12.6. The number of rotatable bonds is 9. The summed E-state index contributed by atoms with van der Waals surface area (Å²) in [6.07, 6.45) is 0. The predicted octanol–water partition coefficient (Wildman–Crippen LogP) is 1.39.